The van der Waals surface area contributed by atoms with Gasteiger partial charge in [0.05, 0.1) is 19.5 Å². The van der Waals surface area contributed by atoms with Crippen LogP contribution in [0.3, 0.4) is 0 Å². The van der Waals surface area contributed by atoms with Gasteiger partial charge in [0.2, 0.25) is 11.8 Å². The summed E-state index contributed by atoms with van der Waals surface area (Å²) in [5, 5.41) is 26.6. The number of hydrogen-bond donors (Lipinski definition) is 9. The summed E-state index contributed by atoms with van der Waals surface area (Å²) in [4.78, 5) is 75.8. The number of nitrogen functional groups attached to an aromatic ring is 1. The van der Waals surface area contributed by atoms with Crippen molar-refractivity contribution >= 4 is 87.5 Å². The highest BCUT2D eigenvalue weighted by atomic mass is 32.3. The number of aliphatic hydroxyl groups is 2. The Morgan fingerprint density at radius 3 is 2.27 bits per heavy atom. The van der Waals surface area contributed by atoms with Gasteiger partial charge < -0.3 is 50.9 Å². The van der Waals surface area contributed by atoms with E-state index in [1.54, 1.807) is 35.3 Å². The summed E-state index contributed by atoms with van der Waals surface area (Å²) in [6.07, 6.45) is 0.971. The van der Waals surface area contributed by atoms with E-state index in [4.69, 9.17) is 19.5 Å². The van der Waals surface area contributed by atoms with Crippen molar-refractivity contribution in [1.29, 1.82) is 0 Å². The van der Waals surface area contributed by atoms with Crippen LogP contribution in [0.2, 0.25) is 0 Å². The van der Waals surface area contributed by atoms with Crippen molar-refractivity contribution in [3.05, 3.63) is 12.7 Å². The molecule has 2 aromatic rings. The molecular weight excluding hydrogens is 855 g/mol. The number of thioether (sulfide) groups is 3. The third-order valence-corrected chi connectivity index (χ3v) is 16.6. The number of hydrogen-bond acceptors (Lipinski definition) is 19. The molecule has 0 aliphatic carbocycles. The Kier molecular flexibility index (Phi) is 17.5. The van der Waals surface area contributed by atoms with Gasteiger partial charge in [-0.3, -0.25) is 27.7 Å². The van der Waals surface area contributed by atoms with Crippen LogP contribution in [-0.2, 0) is 45.9 Å². The first kappa shape index (κ1) is 48.0. The lowest BCUT2D eigenvalue weighted by atomic mass is 9.87. The van der Waals surface area contributed by atoms with Crippen LogP contribution >= 0.6 is 58.8 Å². The number of anilines is 1. The number of aromatic nitrogens is 4. The van der Waals surface area contributed by atoms with E-state index in [1.807, 2.05) is 18.8 Å². The highest BCUT2D eigenvalue weighted by Crippen LogP contribution is 2.61. The van der Waals surface area contributed by atoms with Crippen LogP contribution in [0.15, 0.2) is 12.7 Å². The number of fused-ring (bicyclic) bond motifs is 1. The highest BCUT2D eigenvalue weighted by molar-refractivity contribution is 8.33. The molecule has 0 spiro atoms. The Hall–Kier alpha value is -1.41. The van der Waals surface area contributed by atoms with Crippen molar-refractivity contribution in [2.45, 2.75) is 67.2 Å². The molecule has 3 heterocycles. The predicted octanol–water partition coefficient (Wildman–Crippen LogP) is 0.928. The summed E-state index contributed by atoms with van der Waals surface area (Å²) in [6, 6.07) is 0. The summed E-state index contributed by atoms with van der Waals surface area (Å²) < 4.78 is 62.2. The Bertz CT molecular complexity index is 1760. The topological polar surface area (TPSA) is 347 Å². The van der Waals surface area contributed by atoms with Crippen molar-refractivity contribution in [2.75, 3.05) is 50.8 Å². The first-order chi connectivity index (χ1) is 25.5. The van der Waals surface area contributed by atoms with E-state index in [0.717, 1.165) is 30.1 Å². The maximum absolute atomic E-state index is 12.7. The molecule has 1 fully saturated rings. The minimum absolute atomic E-state index is 0.00301. The fourth-order valence-corrected chi connectivity index (χ4v) is 10.9. The minimum atomic E-state index is -5.55. The molecule has 0 saturated carbocycles. The van der Waals surface area contributed by atoms with Gasteiger partial charge in [-0.2, -0.15) is 4.31 Å². The van der Waals surface area contributed by atoms with Crippen LogP contribution in [0.4, 0.5) is 5.82 Å². The van der Waals surface area contributed by atoms with Crippen molar-refractivity contribution in [3.63, 3.8) is 0 Å². The maximum Gasteiger partial charge on any atom is 0.481 e. The van der Waals surface area contributed by atoms with E-state index >= 15 is 0 Å². The Balaban J connectivity index is 1.51. The SMILES string of the molecule is CSC(CCCNC(=O)CCNC(=O)[C@H](O)C(C)(C)COP(=O)(O)OP(=O)(O)OC[C@H]1O[C@@H](n2cnc3c(N)ncnc32)[C@H](O)[C@@H]1OP(=O)(O)O)(SC)SC. The molecule has 7 atom stereocenters. The molecule has 55 heavy (non-hydrogen) atoms. The largest absolute Gasteiger partial charge is 0.481 e. The van der Waals surface area contributed by atoms with Gasteiger partial charge in [-0.05, 0) is 31.6 Å². The zero-order chi connectivity index (χ0) is 41.4. The van der Waals surface area contributed by atoms with E-state index in [2.05, 4.69) is 34.4 Å². The van der Waals surface area contributed by atoms with Crippen LogP contribution in [0.25, 0.3) is 11.2 Å². The van der Waals surface area contributed by atoms with Gasteiger partial charge in [0.25, 0.3) is 0 Å². The van der Waals surface area contributed by atoms with E-state index in [1.165, 1.54) is 13.8 Å². The van der Waals surface area contributed by atoms with Gasteiger partial charge in [-0.15, -0.1) is 35.3 Å². The molecule has 3 rings (SSSR count). The van der Waals surface area contributed by atoms with Gasteiger partial charge in [-0.1, -0.05) is 13.8 Å². The molecule has 1 aliphatic rings. The number of imidazole rings is 1. The number of carbonyl (C=O) groups is 2. The zero-order valence-corrected chi connectivity index (χ0v) is 35.3. The van der Waals surface area contributed by atoms with Crippen molar-refractivity contribution in [2.24, 2.45) is 5.41 Å². The minimum Gasteiger partial charge on any atom is -0.386 e. The number of nitrogens with zero attached hydrogens (tertiary/aromatic N) is 4. The summed E-state index contributed by atoms with van der Waals surface area (Å²) in [7, 11) is -16.3. The molecule has 0 radical (unpaired) electrons. The summed E-state index contributed by atoms with van der Waals surface area (Å²) in [5.74, 6) is -1.28. The number of phosphoric acid groups is 3. The average Bonchev–Trinajstić information content (AvgIpc) is 3.66. The summed E-state index contributed by atoms with van der Waals surface area (Å²) in [6.45, 7) is 0.900. The normalized spacial score (nSPS) is 22.2. The standard InChI is InChI=1S/C26H46N7O16P3S3/c1-25(2,20(36)23(37)29-10-7-16(34)28-9-6-8-26(53-3,54-4)55-5)12-46-52(43,44)49-51(41,42)45-11-15-19(48-50(38,39)40)18(35)24(47-15)33-14-32-17-21(27)30-13-31-22(17)33/h13-15,18-20,24,35-36H,6-12H2,1-5H3,(H,28,34)(H,29,37)(H,41,42)(H,43,44)(H2,27,30,31)(H2,38,39,40)/t15-,18-,19-,20+,24-/m1/s1. The lowest BCUT2D eigenvalue weighted by Gasteiger charge is -2.30. The molecule has 2 amide bonds. The van der Waals surface area contributed by atoms with Crippen LogP contribution in [-0.4, -0.2) is 134 Å². The third-order valence-electron chi connectivity index (χ3n) is 7.99. The average molecular weight is 902 g/mol. The van der Waals surface area contributed by atoms with Crippen LogP contribution in [0, 0.1) is 5.41 Å². The zero-order valence-electron chi connectivity index (χ0n) is 30.2. The first-order valence-corrected chi connectivity index (χ1v) is 24.2. The molecule has 314 valence electrons. The monoisotopic (exact) mass is 901 g/mol. The fourth-order valence-electron chi connectivity index (χ4n) is 5.03. The summed E-state index contributed by atoms with van der Waals surface area (Å²) in [5.41, 5.74) is 4.32. The van der Waals surface area contributed by atoms with Crippen LogP contribution in [0.5, 0.6) is 0 Å². The second kappa shape index (κ2) is 20.0. The van der Waals surface area contributed by atoms with E-state index in [9.17, 15) is 53.1 Å². The third kappa shape index (κ3) is 13.8. The first-order valence-electron chi connectivity index (χ1n) is 16.0. The molecule has 23 nitrogen and oxygen atoms in total. The second-order valence-electron chi connectivity index (χ2n) is 12.5. The number of phosphoric ester groups is 3. The van der Waals surface area contributed by atoms with E-state index in [-0.39, 0.29) is 39.3 Å². The van der Waals surface area contributed by atoms with Crippen molar-refractivity contribution in [1.82, 2.24) is 30.2 Å². The number of nitrogens with two attached hydrogens (primary N) is 1. The molecular formula is C26H46N7O16P3S3. The number of amides is 2. The number of nitrogens with one attached hydrogen (secondary N) is 2. The fraction of sp³-hybridized carbons (Fsp3) is 0.731. The number of rotatable bonds is 23. The Labute approximate surface area is 328 Å². The predicted molar refractivity (Wildman–Crippen MR) is 202 cm³/mol. The molecule has 29 heteroatoms. The number of carbonyl (C=O) groups excluding carboxylic acids is 2. The molecule has 0 aromatic carbocycles. The lowest BCUT2D eigenvalue weighted by molar-refractivity contribution is -0.137. The van der Waals surface area contributed by atoms with E-state index < -0.39 is 78.6 Å². The maximum atomic E-state index is 12.7. The Morgan fingerprint density at radius 1 is 1.02 bits per heavy atom. The summed E-state index contributed by atoms with van der Waals surface area (Å²) >= 11 is 5.21. The van der Waals surface area contributed by atoms with Gasteiger partial charge in [-0.25, -0.2) is 28.6 Å². The van der Waals surface area contributed by atoms with Crippen molar-refractivity contribution in [3.8, 4) is 0 Å². The molecule has 2 unspecified atom stereocenters. The molecule has 10 N–H and O–H groups in total. The van der Waals surface area contributed by atoms with Gasteiger partial charge in [0.1, 0.15) is 39.7 Å². The Morgan fingerprint density at radius 2 is 1.65 bits per heavy atom. The molecule has 1 saturated heterocycles. The van der Waals surface area contributed by atoms with Crippen LogP contribution in [0.1, 0.15) is 39.3 Å². The molecule has 0 bridgehead atoms. The second-order valence-corrected chi connectivity index (χ2v) is 20.8. The van der Waals surface area contributed by atoms with Crippen molar-refractivity contribution < 1.29 is 75.7 Å². The van der Waals surface area contributed by atoms with Gasteiger partial charge in [0.15, 0.2) is 17.7 Å². The smallest absolute Gasteiger partial charge is 0.386 e. The lowest BCUT2D eigenvalue weighted by Crippen LogP contribution is -2.46. The molecule has 1 aliphatic heterocycles. The van der Waals surface area contributed by atoms with E-state index in [0.29, 0.717) is 6.54 Å². The number of aliphatic hydroxyl groups excluding tert-OH is 2. The van der Waals surface area contributed by atoms with Gasteiger partial charge >= 0.3 is 23.5 Å². The van der Waals surface area contributed by atoms with Crippen LogP contribution < -0.4 is 16.4 Å². The van der Waals surface area contributed by atoms with Gasteiger partial charge in [0, 0.05) is 24.9 Å². The quantitative estimate of drug-likeness (QED) is 0.0425. The number of ether oxygens (including phenoxy) is 1. The highest BCUT2D eigenvalue weighted by Gasteiger charge is 2.50. The molecule has 2 aromatic heterocycles.